The quantitative estimate of drug-likeness (QED) is 0.664. The smallest absolute Gasteiger partial charge is 0.253 e. The summed E-state index contributed by atoms with van der Waals surface area (Å²) in [6.45, 7) is 9.65. The molecule has 0 aliphatic carbocycles. The molecule has 0 spiro atoms. The van der Waals surface area contributed by atoms with Crippen molar-refractivity contribution in [3.8, 4) is 0 Å². The van der Waals surface area contributed by atoms with Gasteiger partial charge in [-0.15, -0.1) is 0 Å². The van der Waals surface area contributed by atoms with Crippen molar-refractivity contribution in [3.63, 3.8) is 0 Å². The van der Waals surface area contributed by atoms with E-state index < -0.39 is 0 Å². The average Bonchev–Trinajstić information content (AvgIpc) is 2.72. The van der Waals surface area contributed by atoms with Gasteiger partial charge < -0.3 is 9.80 Å². The van der Waals surface area contributed by atoms with E-state index in [1.54, 1.807) is 0 Å². The van der Waals surface area contributed by atoms with E-state index in [0.717, 1.165) is 48.3 Å². The molecule has 1 aromatic heterocycles. The fraction of sp³-hybridized carbons (Fsp3) is 0.333. The number of anilines is 1. The number of para-hydroxylation sites is 1. The summed E-state index contributed by atoms with van der Waals surface area (Å²) < 4.78 is 0. The van der Waals surface area contributed by atoms with Crippen molar-refractivity contribution in [2.75, 3.05) is 31.1 Å². The Morgan fingerprint density at radius 2 is 1.57 bits per heavy atom. The summed E-state index contributed by atoms with van der Waals surface area (Å²) in [5.41, 5.74) is 4.30. The molecule has 0 unspecified atom stereocenters. The Morgan fingerprint density at radius 3 is 2.25 bits per heavy atom. The second-order valence-corrected chi connectivity index (χ2v) is 8.46. The Labute approximate surface area is 166 Å². The molecule has 1 fully saturated rings. The molecule has 1 amide bonds. The van der Waals surface area contributed by atoms with E-state index in [-0.39, 0.29) is 11.3 Å². The van der Waals surface area contributed by atoms with Gasteiger partial charge in [0.1, 0.15) is 0 Å². The average molecular weight is 374 g/mol. The van der Waals surface area contributed by atoms with Gasteiger partial charge in [0.2, 0.25) is 0 Å². The lowest BCUT2D eigenvalue weighted by Crippen LogP contribution is -2.48. The molecule has 0 saturated carbocycles. The third kappa shape index (κ3) is 3.59. The number of carbonyl (C=O) groups is 1. The second kappa shape index (κ2) is 7.27. The lowest BCUT2D eigenvalue weighted by atomic mass is 9.86. The van der Waals surface area contributed by atoms with E-state index in [4.69, 9.17) is 0 Å². The van der Waals surface area contributed by atoms with Crippen LogP contribution in [-0.2, 0) is 5.41 Å². The number of carbonyl (C=O) groups excluding carboxylic acids is 1. The minimum Gasteiger partial charge on any atom is -0.366 e. The summed E-state index contributed by atoms with van der Waals surface area (Å²) in [7, 11) is 0. The first-order chi connectivity index (χ1) is 13.4. The topological polar surface area (TPSA) is 36.4 Å². The molecule has 2 heterocycles. The van der Waals surface area contributed by atoms with E-state index in [9.17, 15) is 4.79 Å². The van der Waals surface area contributed by atoms with Gasteiger partial charge in [-0.25, -0.2) is 0 Å². The van der Waals surface area contributed by atoms with Crippen LogP contribution in [-0.4, -0.2) is 42.0 Å². The fourth-order valence-electron chi connectivity index (χ4n) is 3.79. The van der Waals surface area contributed by atoms with Crippen LogP contribution in [0.3, 0.4) is 0 Å². The molecule has 4 nitrogen and oxygen atoms in total. The number of hydrogen-bond acceptors (Lipinski definition) is 3. The SMILES string of the molecule is CC(C)(C)c1ccc(C(=O)N2CCN(c3cccc4cccnc34)CC2)cc1. The first-order valence-corrected chi connectivity index (χ1v) is 9.92. The lowest BCUT2D eigenvalue weighted by molar-refractivity contribution is 0.0747. The zero-order valence-corrected chi connectivity index (χ0v) is 16.9. The molecule has 4 heteroatoms. The summed E-state index contributed by atoms with van der Waals surface area (Å²) >= 11 is 0. The maximum Gasteiger partial charge on any atom is 0.253 e. The highest BCUT2D eigenvalue weighted by Crippen LogP contribution is 2.26. The number of piperazine rings is 1. The molecule has 4 rings (SSSR count). The number of rotatable bonds is 2. The zero-order valence-electron chi connectivity index (χ0n) is 16.9. The highest BCUT2D eigenvalue weighted by atomic mass is 16.2. The van der Waals surface area contributed by atoms with Crippen molar-refractivity contribution >= 4 is 22.5 Å². The maximum atomic E-state index is 12.9. The summed E-state index contributed by atoms with van der Waals surface area (Å²) in [5.74, 6) is 0.121. The standard InChI is InChI=1S/C24H27N3O/c1-24(2,3)20-11-9-19(10-12-20)23(28)27-16-14-26(15-17-27)21-8-4-6-18-7-5-13-25-22(18)21/h4-13H,14-17H2,1-3H3. The summed E-state index contributed by atoms with van der Waals surface area (Å²) in [4.78, 5) is 21.8. The van der Waals surface area contributed by atoms with Gasteiger partial charge in [-0.05, 0) is 35.2 Å². The van der Waals surface area contributed by atoms with Crippen molar-refractivity contribution in [2.24, 2.45) is 0 Å². The molecule has 1 aliphatic rings. The van der Waals surface area contributed by atoms with Gasteiger partial charge in [0.15, 0.2) is 0 Å². The van der Waals surface area contributed by atoms with Crippen LogP contribution in [0.4, 0.5) is 5.69 Å². The summed E-state index contributed by atoms with van der Waals surface area (Å²) in [6.07, 6.45) is 1.84. The van der Waals surface area contributed by atoms with Crippen LogP contribution >= 0.6 is 0 Å². The van der Waals surface area contributed by atoms with E-state index in [1.807, 2.05) is 29.3 Å². The first kappa shape index (κ1) is 18.5. The van der Waals surface area contributed by atoms with E-state index in [2.05, 4.69) is 67.1 Å². The van der Waals surface area contributed by atoms with E-state index in [1.165, 1.54) is 5.56 Å². The molecule has 1 saturated heterocycles. The van der Waals surface area contributed by atoms with E-state index in [0.29, 0.717) is 0 Å². The summed E-state index contributed by atoms with van der Waals surface area (Å²) in [5, 5.41) is 1.15. The van der Waals surface area contributed by atoms with Crippen molar-refractivity contribution < 1.29 is 4.79 Å². The molecule has 3 aromatic rings. The molecule has 0 N–H and O–H groups in total. The first-order valence-electron chi connectivity index (χ1n) is 9.92. The number of pyridine rings is 1. The highest BCUT2D eigenvalue weighted by molar-refractivity contribution is 5.95. The molecule has 1 aliphatic heterocycles. The molecular formula is C24H27N3O. The monoisotopic (exact) mass is 373 g/mol. The van der Waals surface area contributed by atoms with Crippen molar-refractivity contribution in [2.45, 2.75) is 26.2 Å². The van der Waals surface area contributed by atoms with E-state index >= 15 is 0 Å². The van der Waals surface area contributed by atoms with Crippen molar-refractivity contribution in [3.05, 3.63) is 71.9 Å². The molecule has 0 radical (unpaired) electrons. The molecular weight excluding hydrogens is 346 g/mol. The van der Waals surface area contributed by atoms with Gasteiger partial charge >= 0.3 is 0 Å². The second-order valence-electron chi connectivity index (χ2n) is 8.46. The lowest BCUT2D eigenvalue weighted by Gasteiger charge is -2.36. The maximum absolute atomic E-state index is 12.9. The molecule has 0 atom stereocenters. The van der Waals surface area contributed by atoms with Gasteiger partial charge in [-0.3, -0.25) is 9.78 Å². The summed E-state index contributed by atoms with van der Waals surface area (Å²) in [6, 6.07) is 18.4. The zero-order chi connectivity index (χ0) is 19.7. The van der Waals surface area contributed by atoms with Crippen LogP contribution in [0.5, 0.6) is 0 Å². The Hall–Kier alpha value is -2.88. The Morgan fingerprint density at radius 1 is 0.893 bits per heavy atom. The minimum atomic E-state index is 0.0969. The van der Waals surface area contributed by atoms with Gasteiger partial charge in [0.25, 0.3) is 5.91 Å². The predicted molar refractivity (Wildman–Crippen MR) is 115 cm³/mol. The molecule has 2 aromatic carbocycles. The number of hydrogen-bond donors (Lipinski definition) is 0. The normalized spacial score (nSPS) is 15.1. The van der Waals surface area contributed by atoms with Crippen LogP contribution < -0.4 is 4.90 Å². The highest BCUT2D eigenvalue weighted by Gasteiger charge is 2.24. The Bertz CT molecular complexity index is 975. The number of amides is 1. The van der Waals surface area contributed by atoms with Gasteiger partial charge in [-0.2, -0.15) is 0 Å². The number of aromatic nitrogens is 1. The van der Waals surface area contributed by atoms with Crippen LogP contribution in [0.2, 0.25) is 0 Å². The minimum absolute atomic E-state index is 0.0969. The van der Waals surface area contributed by atoms with Crippen molar-refractivity contribution in [1.29, 1.82) is 0 Å². The number of benzene rings is 2. The van der Waals surface area contributed by atoms with Gasteiger partial charge in [-0.1, -0.05) is 51.1 Å². The third-order valence-electron chi connectivity index (χ3n) is 5.52. The van der Waals surface area contributed by atoms with Crippen LogP contribution in [0.25, 0.3) is 10.9 Å². The fourth-order valence-corrected chi connectivity index (χ4v) is 3.79. The van der Waals surface area contributed by atoms with Crippen LogP contribution in [0, 0.1) is 0 Å². The van der Waals surface area contributed by atoms with Crippen LogP contribution in [0.15, 0.2) is 60.8 Å². The molecule has 144 valence electrons. The molecule has 0 bridgehead atoms. The van der Waals surface area contributed by atoms with Gasteiger partial charge in [0, 0.05) is 43.3 Å². The molecule has 28 heavy (non-hydrogen) atoms. The number of nitrogens with zero attached hydrogens (tertiary/aromatic N) is 3. The Balaban J connectivity index is 1.46. The van der Waals surface area contributed by atoms with Crippen LogP contribution in [0.1, 0.15) is 36.7 Å². The largest absolute Gasteiger partial charge is 0.366 e. The Kier molecular flexibility index (Phi) is 4.80. The number of fused-ring (bicyclic) bond motifs is 1. The third-order valence-corrected chi connectivity index (χ3v) is 5.52. The van der Waals surface area contributed by atoms with Gasteiger partial charge in [0.05, 0.1) is 11.2 Å². The predicted octanol–water partition coefficient (Wildman–Crippen LogP) is 4.49. The van der Waals surface area contributed by atoms with Crippen molar-refractivity contribution in [1.82, 2.24) is 9.88 Å².